The van der Waals surface area contributed by atoms with Crippen LogP contribution in [0.15, 0.2) is 0 Å². The predicted molar refractivity (Wildman–Crippen MR) is 70.9 cm³/mol. The van der Waals surface area contributed by atoms with Gasteiger partial charge in [-0.1, -0.05) is 0 Å². The van der Waals surface area contributed by atoms with Crippen molar-refractivity contribution in [1.82, 2.24) is 10.2 Å². The van der Waals surface area contributed by atoms with E-state index in [1.165, 1.54) is 25.7 Å². The van der Waals surface area contributed by atoms with E-state index in [9.17, 15) is 4.79 Å². The first-order valence-electron chi connectivity index (χ1n) is 7.37. The molecule has 4 nitrogen and oxygen atoms in total. The Bertz CT molecular complexity index is 331. The number of nitrogens with zero attached hydrogens (tertiary/aromatic N) is 1. The van der Waals surface area contributed by atoms with Crippen molar-refractivity contribution in [2.75, 3.05) is 26.7 Å². The molecule has 3 aliphatic rings. The van der Waals surface area contributed by atoms with E-state index in [4.69, 9.17) is 5.73 Å². The first-order valence-corrected chi connectivity index (χ1v) is 7.37. The summed E-state index contributed by atoms with van der Waals surface area (Å²) in [6.45, 7) is 3.11. The standard InChI is InChI=1S/C14H25N3O/c1-17-5-4-9(8-17)7-16-14(18)12-10-2-3-11(6-10)13(12)15/h9-13H,2-8,15H2,1H3,(H,16,18). The monoisotopic (exact) mass is 251 g/mol. The summed E-state index contributed by atoms with van der Waals surface area (Å²) in [6, 6.07) is 0.120. The van der Waals surface area contributed by atoms with Crippen LogP contribution in [0.5, 0.6) is 0 Å². The molecule has 5 atom stereocenters. The van der Waals surface area contributed by atoms with Gasteiger partial charge in [0.2, 0.25) is 5.91 Å². The highest BCUT2D eigenvalue weighted by Crippen LogP contribution is 2.47. The second kappa shape index (κ2) is 4.82. The first kappa shape index (κ1) is 12.4. The van der Waals surface area contributed by atoms with Crippen molar-refractivity contribution in [2.45, 2.75) is 31.7 Å². The fourth-order valence-corrected chi connectivity index (χ4v) is 4.28. The van der Waals surface area contributed by atoms with Crippen LogP contribution in [-0.2, 0) is 4.79 Å². The Labute approximate surface area is 109 Å². The molecule has 1 saturated heterocycles. The summed E-state index contributed by atoms with van der Waals surface area (Å²) in [5, 5.41) is 3.16. The van der Waals surface area contributed by atoms with Gasteiger partial charge in [-0.2, -0.15) is 0 Å². The quantitative estimate of drug-likeness (QED) is 0.764. The summed E-state index contributed by atoms with van der Waals surface area (Å²) in [6.07, 6.45) is 4.84. The number of hydrogen-bond donors (Lipinski definition) is 2. The van der Waals surface area contributed by atoms with Gasteiger partial charge in [0.25, 0.3) is 0 Å². The van der Waals surface area contributed by atoms with Crippen LogP contribution in [0.3, 0.4) is 0 Å². The van der Waals surface area contributed by atoms with E-state index in [0.717, 1.165) is 19.6 Å². The number of carbonyl (C=O) groups is 1. The van der Waals surface area contributed by atoms with Gasteiger partial charge < -0.3 is 16.0 Å². The minimum absolute atomic E-state index is 0.0999. The average molecular weight is 251 g/mol. The maximum absolute atomic E-state index is 12.3. The number of nitrogens with two attached hydrogens (primary N) is 1. The van der Waals surface area contributed by atoms with Crippen molar-refractivity contribution in [3.63, 3.8) is 0 Å². The lowest BCUT2D eigenvalue weighted by Gasteiger charge is -2.27. The maximum Gasteiger partial charge on any atom is 0.224 e. The fraction of sp³-hybridized carbons (Fsp3) is 0.929. The zero-order valence-corrected chi connectivity index (χ0v) is 11.3. The summed E-state index contributed by atoms with van der Waals surface area (Å²) >= 11 is 0. The van der Waals surface area contributed by atoms with Crippen molar-refractivity contribution in [1.29, 1.82) is 0 Å². The third-order valence-corrected chi connectivity index (χ3v) is 5.34. The highest BCUT2D eigenvalue weighted by atomic mass is 16.1. The molecule has 18 heavy (non-hydrogen) atoms. The first-order chi connectivity index (χ1) is 8.65. The minimum atomic E-state index is 0.0999. The van der Waals surface area contributed by atoms with E-state index < -0.39 is 0 Å². The van der Waals surface area contributed by atoms with E-state index >= 15 is 0 Å². The van der Waals surface area contributed by atoms with Crippen molar-refractivity contribution in [2.24, 2.45) is 29.4 Å². The molecule has 5 unspecified atom stereocenters. The van der Waals surface area contributed by atoms with Gasteiger partial charge in [0.15, 0.2) is 0 Å². The second-order valence-corrected chi connectivity index (χ2v) is 6.60. The molecule has 3 rings (SSSR count). The maximum atomic E-state index is 12.3. The normalized spacial score (nSPS) is 43.6. The van der Waals surface area contributed by atoms with E-state index in [2.05, 4.69) is 17.3 Å². The molecule has 0 aromatic carbocycles. The summed E-state index contributed by atoms with van der Waals surface area (Å²) in [4.78, 5) is 14.6. The molecule has 102 valence electrons. The zero-order valence-electron chi connectivity index (χ0n) is 11.3. The highest BCUT2D eigenvalue weighted by molar-refractivity contribution is 5.80. The van der Waals surface area contributed by atoms with Crippen LogP contribution >= 0.6 is 0 Å². The highest BCUT2D eigenvalue weighted by Gasteiger charge is 2.49. The van der Waals surface area contributed by atoms with Crippen molar-refractivity contribution in [3.8, 4) is 0 Å². The van der Waals surface area contributed by atoms with Crippen LogP contribution in [0.25, 0.3) is 0 Å². The Kier molecular flexibility index (Phi) is 3.32. The molecule has 2 bridgehead atoms. The Hall–Kier alpha value is -0.610. The largest absolute Gasteiger partial charge is 0.355 e. The summed E-state index contributed by atoms with van der Waals surface area (Å²) in [5.74, 6) is 2.14. The SMILES string of the molecule is CN1CCC(CNC(=O)C2C3CCC(C3)C2N)C1. The Balaban J connectivity index is 1.50. The topological polar surface area (TPSA) is 58.4 Å². The molecular weight excluding hydrogens is 226 g/mol. The Morgan fingerprint density at radius 1 is 1.33 bits per heavy atom. The van der Waals surface area contributed by atoms with Crippen LogP contribution in [0, 0.1) is 23.7 Å². The van der Waals surface area contributed by atoms with Gasteiger partial charge in [0, 0.05) is 19.1 Å². The molecule has 2 saturated carbocycles. The number of amides is 1. The van der Waals surface area contributed by atoms with E-state index in [0.29, 0.717) is 17.8 Å². The molecule has 1 aliphatic heterocycles. The van der Waals surface area contributed by atoms with Crippen LogP contribution in [0.2, 0.25) is 0 Å². The van der Waals surface area contributed by atoms with Gasteiger partial charge in [-0.3, -0.25) is 4.79 Å². The number of carbonyl (C=O) groups excluding carboxylic acids is 1. The molecule has 0 aromatic heterocycles. The Morgan fingerprint density at radius 3 is 2.72 bits per heavy atom. The van der Waals surface area contributed by atoms with Gasteiger partial charge in [-0.15, -0.1) is 0 Å². The molecule has 3 fully saturated rings. The minimum Gasteiger partial charge on any atom is -0.355 e. The predicted octanol–water partition coefficient (Wildman–Crippen LogP) is 0.428. The molecule has 1 heterocycles. The fourth-order valence-electron chi connectivity index (χ4n) is 4.28. The zero-order chi connectivity index (χ0) is 12.7. The van der Waals surface area contributed by atoms with Crippen LogP contribution in [0.4, 0.5) is 0 Å². The van der Waals surface area contributed by atoms with E-state index in [1.54, 1.807) is 0 Å². The van der Waals surface area contributed by atoms with Gasteiger partial charge in [-0.25, -0.2) is 0 Å². The van der Waals surface area contributed by atoms with Gasteiger partial charge in [0.05, 0.1) is 5.92 Å². The summed E-state index contributed by atoms with van der Waals surface area (Å²) in [7, 11) is 2.15. The van der Waals surface area contributed by atoms with Crippen molar-refractivity contribution < 1.29 is 4.79 Å². The molecule has 4 heteroatoms. The molecule has 3 N–H and O–H groups in total. The lowest BCUT2D eigenvalue weighted by atomic mass is 9.84. The number of hydrogen-bond acceptors (Lipinski definition) is 3. The number of fused-ring (bicyclic) bond motifs is 2. The molecule has 0 radical (unpaired) electrons. The lowest BCUT2D eigenvalue weighted by molar-refractivity contribution is -0.127. The van der Waals surface area contributed by atoms with E-state index in [-0.39, 0.29) is 17.9 Å². The van der Waals surface area contributed by atoms with Crippen LogP contribution < -0.4 is 11.1 Å². The van der Waals surface area contributed by atoms with Crippen LogP contribution in [-0.4, -0.2) is 43.5 Å². The number of likely N-dealkylation sites (tertiary alicyclic amines) is 1. The molecular formula is C14H25N3O. The lowest BCUT2D eigenvalue weighted by Crippen LogP contribution is -2.46. The second-order valence-electron chi connectivity index (χ2n) is 6.60. The smallest absolute Gasteiger partial charge is 0.224 e. The number of nitrogens with one attached hydrogen (secondary N) is 1. The van der Waals surface area contributed by atoms with Gasteiger partial charge in [-0.05, 0) is 57.0 Å². The van der Waals surface area contributed by atoms with Gasteiger partial charge in [0.1, 0.15) is 0 Å². The van der Waals surface area contributed by atoms with Crippen LogP contribution in [0.1, 0.15) is 25.7 Å². The van der Waals surface area contributed by atoms with Gasteiger partial charge >= 0.3 is 0 Å². The third-order valence-electron chi connectivity index (χ3n) is 5.34. The summed E-state index contributed by atoms with van der Waals surface area (Å²) in [5.41, 5.74) is 6.20. The van der Waals surface area contributed by atoms with Crippen molar-refractivity contribution in [3.05, 3.63) is 0 Å². The van der Waals surface area contributed by atoms with Crippen molar-refractivity contribution >= 4 is 5.91 Å². The molecule has 0 spiro atoms. The third kappa shape index (κ3) is 2.16. The average Bonchev–Trinajstić information content (AvgIpc) is 3.02. The van der Waals surface area contributed by atoms with E-state index in [1.807, 2.05) is 0 Å². The Morgan fingerprint density at radius 2 is 2.11 bits per heavy atom. The molecule has 1 amide bonds. The molecule has 2 aliphatic carbocycles. The molecule has 0 aromatic rings. The number of rotatable bonds is 3. The summed E-state index contributed by atoms with van der Waals surface area (Å²) < 4.78 is 0.